The average molecular weight is 209 g/mol. The van der Waals surface area contributed by atoms with E-state index in [1.807, 2.05) is 32.3 Å². The van der Waals surface area contributed by atoms with Crippen molar-refractivity contribution in [2.45, 2.75) is 20.4 Å². The number of thiophene rings is 1. The van der Waals surface area contributed by atoms with Gasteiger partial charge in [0, 0.05) is 19.7 Å². The second-order valence-electron chi connectivity index (χ2n) is 3.55. The predicted octanol–water partition coefficient (Wildman–Crippen LogP) is 2.67. The molecule has 3 heteroatoms. The van der Waals surface area contributed by atoms with Crippen LogP contribution in [0, 0.1) is 0 Å². The molecular weight excluding hydrogens is 194 g/mol. The largest absolute Gasteiger partial charge is 0.338 e. The molecule has 76 valence electrons. The van der Waals surface area contributed by atoms with Crippen molar-refractivity contribution >= 4 is 17.2 Å². The van der Waals surface area contributed by atoms with Crippen molar-refractivity contribution in [3.63, 3.8) is 0 Å². The van der Waals surface area contributed by atoms with E-state index in [0.717, 1.165) is 5.57 Å². The fraction of sp³-hybridized carbons (Fsp3) is 0.364. The number of carbonyl (C=O) groups is 1. The van der Waals surface area contributed by atoms with Crippen LogP contribution in [-0.2, 0) is 11.3 Å². The fourth-order valence-corrected chi connectivity index (χ4v) is 1.75. The lowest BCUT2D eigenvalue weighted by Crippen LogP contribution is -2.24. The molecule has 0 atom stereocenters. The Morgan fingerprint density at radius 2 is 2.29 bits per heavy atom. The summed E-state index contributed by atoms with van der Waals surface area (Å²) in [6, 6.07) is 2.04. The first-order valence-corrected chi connectivity index (χ1v) is 5.45. The molecule has 0 radical (unpaired) electrons. The minimum absolute atomic E-state index is 0.0659. The summed E-state index contributed by atoms with van der Waals surface area (Å²) in [6.07, 6.45) is 1.66. The van der Waals surface area contributed by atoms with Gasteiger partial charge in [0.15, 0.2) is 0 Å². The highest BCUT2D eigenvalue weighted by molar-refractivity contribution is 7.07. The number of carbonyl (C=O) groups excluding carboxylic acids is 1. The minimum Gasteiger partial charge on any atom is -0.338 e. The van der Waals surface area contributed by atoms with Gasteiger partial charge in [-0.25, -0.2) is 0 Å². The van der Waals surface area contributed by atoms with Crippen LogP contribution in [0.3, 0.4) is 0 Å². The summed E-state index contributed by atoms with van der Waals surface area (Å²) in [5, 5.41) is 4.08. The molecule has 1 heterocycles. The smallest absolute Gasteiger partial charge is 0.246 e. The van der Waals surface area contributed by atoms with Gasteiger partial charge in [-0.3, -0.25) is 4.79 Å². The summed E-state index contributed by atoms with van der Waals surface area (Å²) in [6.45, 7) is 4.54. The molecule has 0 aromatic carbocycles. The normalized spacial score (nSPS) is 9.64. The van der Waals surface area contributed by atoms with E-state index in [1.54, 1.807) is 22.3 Å². The lowest BCUT2D eigenvalue weighted by atomic mass is 10.3. The average Bonchev–Trinajstić information content (AvgIpc) is 2.55. The summed E-state index contributed by atoms with van der Waals surface area (Å²) < 4.78 is 0. The second-order valence-corrected chi connectivity index (χ2v) is 4.33. The molecule has 0 spiro atoms. The third-order valence-corrected chi connectivity index (χ3v) is 2.52. The Labute approximate surface area is 88.9 Å². The number of rotatable bonds is 3. The molecule has 2 nitrogen and oxygen atoms in total. The first kappa shape index (κ1) is 11.0. The summed E-state index contributed by atoms with van der Waals surface area (Å²) in [5.41, 5.74) is 2.22. The van der Waals surface area contributed by atoms with Crippen LogP contribution in [-0.4, -0.2) is 17.9 Å². The van der Waals surface area contributed by atoms with Gasteiger partial charge >= 0.3 is 0 Å². The van der Waals surface area contributed by atoms with Gasteiger partial charge in [0.2, 0.25) is 5.91 Å². The second kappa shape index (κ2) is 4.96. The predicted molar refractivity (Wildman–Crippen MR) is 60.2 cm³/mol. The van der Waals surface area contributed by atoms with Crippen LogP contribution < -0.4 is 0 Å². The van der Waals surface area contributed by atoms with E-state index in [-0.39, 0.29) is 5.91 Å². The lowest BCUT2D eigenvalue weighted by Gasteiger charge is -2.14. The van der Waals surface area contributed by atoms with Crippen molar-refractivity contribution in [3.05, 3.63) is 34.0 Å². The van der Waals surface area contributed by atoms with Gasteiger partial charge in [-0.2, -0.15) is 11.3 Å². The Balaban J connectivity index is 2.54. The highest BCUT2D eigenvalue weighted by Crippen LogP contribution is 2.08. The lowest BCUT2D eigenvalue weighted by molar-refractivity contribution is -0.125. The molecule has 0 unspecified atom stereocenters. The minimum atomic E-state index is 0.0659. The highest BCUT2D eigenvalue weighted by atomic mass is 32.1. The van der Waals surface area contributed by atoms with Crippen LogP contribution in [0.15, 0.2) is 28.5 Å². The van der Waals surface area contributed by atoms with Gasteiger partial charge in [-0.1, -0.05) is 5.57 Å². The monoisotopic (exact) mass is 209 g/mol. The van der Waals surface area contributed by atoms with Gasteiger partial charge in [-0.05, 0) is 36.2 Å². The molecule has 0 aliphatic rings. The van der Waals surface area contributed by atoms with Crippen molar-refractivity contribution in [3.8, 4) is 0 Å². The maximum absolute atomic E-state index is 11.5. The molecule has 0 aliphatic heterocycles. The number of hydrogen-bond acceptors (Lipinski definition) is 2. The highest BCUT2D eigenvalue weighted by Gasteiger charge is 2.05. The number of amides is 1. The van der Waals surface area contributed by atoms with Crippen molar-refractivity contribution < 1.29 is 4.79 Å². The molecule has 0 fully saturated rings. The molecule has 0 N–H and O–H groups in total. The molecule has 14 heavy (non-hydrogen) atoms. The summed E-state index contributed by atoms with van der Waals surface area (Å²) in [5.74, 6) is 0.0659. The number of nitrogens with zero attached hydrogens (tertiary/aromatic N) is 1. The van der Waals surface area contributed by atoms with Crippen LogP contribution in [0.4, 0.5) is 0 Å². The molecule has 0 saturated carbocycles. The molecule has 1 aromatic rings. The molecule has 0 saturated heterocycles. The van der Waals surface area contributed by atoms with Crippen LogP contribution >= 0.6 is 11.3 Å². The van der Waals surface area contributed by atoms with Crippen LogP contribution in [0.2, 0.25) is 0 Å². The van der Waals surface area contributed by atoms with Gasteiger partial charge < -0.3 is 4.90 Å². The van der Waals surface area contributed by atoms with Crippen LogP contribution in [0.25, 0.3) is 0 Å². The Hall–Kier alpha value is -1.09. The van der Waals surface area contributed by atoms with Crippen molar-refractivity contribution in [2.24, 2.45) is 0 Å². The molecule has 0 aliphatic carbocycles. The Kier molecular flexibility index (Phi) is 3.89. The van der Waals surface area contributed by atoms with Crippen molar-refractivity contribution in [1.29, 1.82) is 0 Å². The molecule has 1 amide bonds. The van der Waals surface area contributed by atoms with E-state index >= 15 is 0 Å². The number of allylic oxidation sites excluding steroid dienone is 1. The zero-order valence-electron chi connectivity index (χ0n) is 8.78. The van der Waals surface area contributed by atoms with E-state index in [4.69, 9.17) is 0 Å². The molecule has 0 bridgehead atoms. The van der Waals surface area contributed by atoms with Gasteiger partial charge in [0.25, 0.3) is 0 Å². The topological polar surface area (TPSA) is 20.3 Å². The summed E-state index contributed by atoms with van der Waals surface area (Å²) in [7, 11) is 1.82. The fourth-order valence-electron chi connectivity index (χ4n) is 1.09. The van der Waals surface area contributed by atoms with Gasteiger partial charge in [-0.15, -0.1) is 0 Å². The third kappa shape index (κ3) is 3.34. The zero-order chi connectivity index (χ0) is 10.6. The molecular formula is C11H15NOS. The van der Waals surface area contributed by atoms with Crippen molar-refractivity contribution in [2.75, 3.05) is 7.05 Å². The number of hydrogen-bond donors (Lipinski definition) is 0. The Bertz CT molecular complexity index is 323. The van der Waals surface area contributed by atoms with Gasteiger partial charge in [0.1, 0.15) is 0 Å². The first-order valence-electron chi connectivity index (χ1n) is 4.50. The first-order chi connectivity index (χ1) is 6.59. The van der Waals surface area contributed by atoms with E-state index in [1.165, 1.54) is 5.56 Å². The van der Waals surface area contributed by atoms with Gasteiger partial charge in [0.05, 0.1) is 0 Å². The maximum Gasteiger partial charge on any atom is 0.246 e. The van der Waals surface area contributed by atoms with E-state index < -0.39 is 0 Å². The standard InChI is InChI=1S/C11H15NOS/c1-9(2)6-11(13)12(3)7-10-4-5-14-8-10/h4-6,8H,7H2,1-3H3. The van der Waals surface area contributed by atoms with E-state index in [9.17, 15) is 4.79 Å². The SMILES string of the molecule is CC(C)=CC(=O)N(C)Cc1ccsc1. The summed E-state index contributed by atoms with van der Waals surface area (Å²) in [4.78, 5) is 13.2. The third-order valence-electron chi connectivity index (χ3n) is 1.79. The Morgan fingerprint density at radius 1 is 1.57 bits per heavy atom. The summed E-state index contributed by atoms with van der Waals surface area (Å²) >= 11 is 1.65. The van der Waals surface area contributed by atoms with E-state index in [2.05, 4.69) is 5.38 Å². The maximum atomic E-state index is 11.5. The van der Waals surface area contributed by atoms with E-state index in [0.29, 0.717) is 6.54 Å². The molecule has 1 aromatic heterocycles. The van der Waals surface area contributed by atoms with Crippen molar-refractivity contribution in [1.82, 2.24) is 4.90 Å². The Morgan fingerprint density at radius 3 is 2.79 bits per heavy atom. The number of likely N-dealkylation sites (N-methyl/N-ethyl adjacent to an activating group) is 1. The zero-order valence-corrected chi connectivity index (χ0v) is 9.60. The molecule has 1 rings (SSSR count). The quantitative estimate of drug-likeness (QED) is 0.701. The van der Waals surface area contributed by atoms with Crippen LogP contribution in [0.5, 0.6) is 0 Å². The van der Waals surface area contributed by atoms with Crippen LogP contribution in [0.1, 0.15) is 19.4 Å².